The summed E-state index contributed by atoms with van der Waals surface area (Å²) < 4.78 is 6.78. The van der Waals surface area contributed by atoms with Crippen molar-refractivity contribution in [3.8, 4) is 0 Å². The molecule has 0 saturated heterocycles. The van der Waals surface area contributed by atoms with Gasteiger partial charge in [0.05, 0.1) is 23.8 Å². The molecular formula is C14H8BrClN2O2S. The number of hydrogen-bond donors (Lipinski definition) is 1. The van der Waals surface area contributed by atoms with Crippen LogP contribution in [-0.2, 0) is 0 Å². The van der Waals surface area contributed by atoms with Crippen molar-refractivity contribution in [1.82, 2.24) is 5.43 Å². The second kappa shape index (κ2) is 6.01. The predicted molar refractivity (Wildman–Crippen MR) is 88.3 cm³/mol. The van der Waals surface area contributed by atoms with Gasteiger partial charge in [-0.05, 0) is 18.2 Å². The fourth-order valence-corrected chi connectivity index (χ4v) is 3.71. The van der Waals surface area contributed by atoms with Gasteiger partial charge in [-0.1, -0.05) is 33.6 Å². The van der Waals surface area contributed by atoms with Gasteiger partial charge in [0.25, 0.3) is 5.91 Å². The lowest BCUT2D eigenvalue weighted by Gasteiger charge is -1.96. The highest BCUT2D eigenvalue weighted by Gasteiger charge is 2.16. The Bertz CT molecular complexity index is 827. The average Bonchev–Trinajstić information content (AvgIpc) is 3.07. The highest BCUT2D eigenvalue weighted by atomic mass is 79.9. The maximum absolute atomic E-state index is 12.1. The molecular weight excluding hydrogens is 376 g/mol. The molecule has 21 heavy (non-hydrogen) atoms. The summed E-state index contributed by atoms with van der Waals surface area (Å²) in [4.78, 5) is 12.6. The van der Waals surface area contributed by atoms with E-state index in [1.807, 2.05) is 18.2 Å². The monoisotopic (exact) mass is 382 g/mol. The van der Waals surface area contributed by atoms with Crippen LogP contribution in [-0.4, -0.2) is 12.1 Å². The minimum atomic E-state index is -0.336. The normalized spacial score (nSPS) is 11.3. The van der Waals surface area contributed by atoms with Crippen LogP contribution in [0.25, 0.3) is 10.1 Å². The first-order valence-electron chi connectivity index (χ1n) is 5.88. The van der Waals surface area contributed by atoms with E-state index in [0.29, 0.717) is 9.90 Å². The number of nitrogens with zero attached hydrogens (tertiary/aromatic N) is 1. The number of benzene rings is 1. The topological polar surface area (TPSA) is 54.6 Å². The zero-order valence-corrected chi connectivity index (χ0v) is 13.6. The summed E-state index contributed by atoms with van der Waals surface area (Å²) in [6.45, 7) is 0. The van der Waals surface area contributed by atoms with Crippen molar-refractivity contribution in [1.29, 1.82) is 0 Å². The number of rotatable bonds is 3. The number of fused-ring (bicyclic) bond motifs is 1. The van der Waals surface area contributed by atoms with Gasteiger partial charge in [-0.3, -0.25) is 4.79 Å². The Morgan fingerprint density at radius 3 is 3.05 bits per heavy atom. The first kappa shape index (κ1) is 14.3. The second-order valence-corrected chi connectivity index (χ2v) is 6.49. The molecule has 106 valence electrons. The second-order valence-electron chi connectivity index (χ2n) is 4.14. The zero-order chi connectivity index (χ0) is 14.8. The number of thiophene rings is 1. The van der Waals surface area contributed by atoms with Crippen LogP contribution >= 0.6 is 38.9 Å². The van der Waals surface area contributed by atoms with Crippen molar-refractivity contribution in [2.45, 2.75) is 0 Å². The smallest absolute Gasteiger partial charge is 0.283 e. The Hall–Kier alpha value is -1.63. The fourth-order valence-electron chi connectivity index (χ4n) is 1.75. The number of hydrogen-bond acceptors (Lipinski definition) is 4. The molecule has 0 unspecified atom stereocenters. The molecule has 0 spiro atoms. The summed E-state index contributed by atoms with van der Waals surface area (Å²) in [7, 11) is 0. The van der Waals surface area contributed by atoms with Crippen molar-refractivity contribution in [3.63, 3.8) is 0 Å². The standard InChI is InChI=1S/C14H8BrClN2O2S/c15-9-1-2-10-11(5-9)21-13(12(10)16)14(19)18-17-6-8-3-4-20-7-8/h1-7H,(H,18,19). The summed E-state index contributed by atoms with van der Waals surface area (Å²) in [5.41, 5.74) is 3.22. The Kier molecular flexibility index (Phi) is 4.10. The van der Waals surface area contributed by atoms with Crippen LogP contribution in [0.4, 0.5) is 0 Å². The Morgan fingerprint density at radius 1 is 1.43 bits per heavy atom. The van der Waals surface area contributed by atoms with E-state index in [9.17, 15) is 4.79 Å². The van der Waals surface area contributed by atoms with Crippen LogP contribution in [0.15, 0.2) is 50.8 Å². The molecule has 2 heterocycles. The third-order valence-electron chi connectivity index (χ3n) is 2.72. The number of halogens is 2. The summed E-state index contributed by atoms with van der Waals surface area (Å²) in [6, 6.07) is 7.43. The molecule has 0 fully saturated rings. The number of furan rings is 1. The van der Waals surface area contributed by atoms with Gasteiger partial charge in [0.1, 0.15) is 4.88 Å². The minimum Gasteiger partial charge on any atom is -0.472 e. The van der Waals surface area contributed by atoms with Crippen LogP contribution in [0.2, 0.25) is 5.02 Å². The lowest BCUT2D eigenvalue weighted by molar-refractivity contribution is 0.0959. The van der Waals surface area contributed by atoms with Crippen LogP contribution in [0.5, 0.6) is 0 Å². The Balaban J connectivity index is 1.83. The summed E-state index contributed by atoms with van der Waals surface area (Å²) >= 11 is 11.0. The van der Waals surface area contributed by atoms with Crippen LogP contribution in [0.3, 0.4) is 0 Å². The maximum Gasteiger partial charge on any atom is 0.283 e. The number of amides is 1. The third-order valence-corrected chi connectivity index (χ3v) is 4.87. The number of nitrogens with one attached hydrogen (secondary N) is 1. The van der Waals surface area contributed by atoms with Crippen LogP contribution in [0.1, 0.15) is 15.2 Å². The molecule has 2 aromatic heterocycles. The van der Waals surface area contributed by atoms with Gasteiger partial charge in [0.15, 0.2) is 0 Å². The average molecular weight is 384 g/mol. The molecule has 0 aliphatic rings. The van der Waals surface area contributed by atoms with Crippen LogP contribution in [0, 0.1) is 0 Å². The van der Waals surface area contributed by atoms with Gasteiger partial charge in [-0.25, -0.2) is 5.43 Å². The van der Waals surface area contributed by atoms with Crippen LogP contribution < -0.4 is 5.43 Å². The van der Waals surface area contributed by atoms with Crippen molar-refractivity contribution in [2.24, 2.45) is 5.10 Å². The fraction of sp³-hybridized carbons (Fsp3) is 0. The lowest BCUT2D eigenvalue weighted by Crippen LogP contribution is -2.16. The van der Waals surface area contributed by atoms with Crippen molar-refractivity contribution < 1.29 is 9.21 Å². The van der Waals surface area contributed by atoms with Gasteiger partial charge in [0.2, 0.25) is 0 Å². The van der Waals surface area contributed by atoms with Gasteiger partial charge < -0.3 is 4.42 Å². The SMILES string of the molecule is O=C(NN=Cc1ccoc1)c1sc2cc(Br)ccc2c1Cl. The van der Waals surface area contributed by atoms with Gasteiger partial charge in [0, 0.05) is 20.1 Å². The molecule has 0 aliphatic carbocycles. The maximum atomic E-state index is 12.1. The van der Waals surface area contributed by atoms with E-state index in [4.69, 9.17) is 16.0 Å². The molecule has 3 rings (SSSR count). The van der Waals surface area contributed by atoms with Gasteiger partial charge in [-0.15, -0.1) is 11.3 Å². The van der Waals surface area contributed by atoms with E-state index in [1.54, 1.807) is 6.07 Å². The lowest BCUT2D eigenvalue weighted by atomic mass is 10.2. The molecule has 0 atom stereocenters. The highest BCUT2D eigenvalue weighted by molar-refractivity contribution is 9.10. The predicted octanol–water partition coefficient (Wildman–Crippen LogP) is 4.67. The van der Waals surface area contributed by atoms with E-state index < -0.39 is 0 Å². The summed E-state index contributed by atoms with van der Waals surface area (Å²) in [6.07, 6.45) is 4.56. The molecule has 0 bridgehead atoms. The van der Waals surface area contributed by atoms with Gasteiger partial charge >= 0.3 is 0 Å². The third kappa shape index (κ3) is 3.02. The summed E-state index contributed by atoms with van der Waals surface area (Å²) in [5, 5.41) is 5.17. The Labute approximate surface area is 137 Å². The number of hydrazone groups is 1. The van der Waals surface area contributed by atoms with E-state index in [0.717, 1.165) is 20.1 Å². The zero-order valence-electron chi connectivity index (χ0n) is 10.5. The minimum absolute atomic E-state index is 0.336. The number of carbonyl (C=O) groups excluding carboxylic acids is 1. The molecule has 1 N–H and O–H groups in total. The molecule has 1 aromatic carbocycles. The highest BCUT2D eigenvalue weighted by Crippen LogP contribution is 2.36. The quantitative estimate of drug-likeness (QED) is 0.527. The van der Waals surface area contributed by atoms with E-state index in [2.05, 4.69) is 26.5 Å². The Morgan fingerprint density at radius 2 is 2.29 bits per heavy atom. The molecule has 4 nitrogen and oxygen atoms in total. The van der Waals surface area contributed by atoms with E-state index in [-0.39, 0.29) is 5.91 Å². The molecule has 0 aliphatic heterocycles. The van der Waals surface area contributed by atoms with Crippen molar-refractivity contribution in [2.75, 3.05) is 0 Å². The molecule has 3 aromatic rings. The molecule has 1 amide bonds. The first-order chi connectivity index (χ1) is 10.1. The first-order valence-corrected chi connectivity index (χ1v) is 7.87. The van der Waals surface area contributed by atoms with Gasteiger partial charge in [-0.2, -0.15) is 5.10 Å². The van der Waals surface area contributed by atoms with Crippen molar-refractivity contribution in [3.05, 3.63) is 56.7 Å². The molecule has 7 heteroatoms. The molecule has 0 saturated carbocycles. The van der Waals surface area contributed by atoms with E-state index in [1.165, 1.54) is 30.1 Å². The number of carbonyl (C=O) groups is 1. The summed E-state index contributed by atoms with van der Waals surface area (Å²) in [5.74, 6) is -0.336. The van der Waals surface area contributed by atoms with E-state index >= 15 is 0 Å². The van der Waals surface area contributed by atoms with Crippen molar-refractivity contribution >= 4 is 61.1 Å². The molecule has 0 radical (unpaired) electrons. The largest absolute Gasteiger partial charge is 0.472 e.